The van der Waals surface area contributed by atoms with E-state index in [4.69, 9.17) is 9.47 Å². The van der Waals surface area contributed by atoms with Crippen LogP contribution in [-0.4, -0.2) is 38.0 Å². The molecule has 1 amide bonds. The maximum atomic E-state index is 13.4. The molecule has 5 nitrogen and oxygen atoms in total. The fraction of sp³-hybridized carbons (Fsp3) is 0.278. The van der Waals surface area contributed by atoms with Gasteiger partial charge in [0.2, 0.25) is 5.60 Å². The van der Waals surface area contributed by atoms with E-state index < -0.39 is 24.2 Å². The molecular formula is C18H18F3NO4. The van der Waals surface area contributed by atoms with Gasteiger partial charge in [-0.2, -0.15) is 13.2 Å². The Balaban J connectivity index is 2.26. The number of methoxy groups -OCH3 is 2. The van der Waals surface area contributed by atoms with E-state index in [1.54, 1.807) is 0 Å². The molecular weight excluding hydrogens is 351 g/mol. The minimum absolute atomic E-state index is 0.0405. The normalized spacial score (nSPS) is 13.6. The molecule has 0 saturated carbocycles. The Morgan fingerprint density at radius 1 is 1.04 bits per heavy atom. The van der Waals surface area contributed by atoms with E-state index in [1.165, 1.54) is 50.6 Å². The number of ether oxygens (including phenoxy) is 2. The summed E-state index contributed by atoms with van der Waals surface area (Å²) in [6.45, 7) is -1.04. The molecule has 0 aromatic heterocycles. The van der Waals surface area contributed by atoms with Gasteiger partial charge in [0.1, 0.15) is 11.5 Å². The zero-order valence-corrected chi connectivity index (χ0v) is 14.1. The van der Waals surface area contributed by atoms with Crippen LogP contribution in [0.3, 0.4) is 0 Å². The lowest BCUT2D eigenvalue weighted by atomic mass is 9.93. The van der Waals surface area contributed by atoms with Gasteiger partial charge >= 0.3 is 6.18 Å². The molecule has 0 bridgehead atoms. The third kappa shape index (κ3) is 4.08. The second-order valence-corrected chi connectivity index (χ2v) is 5.51. The fourth-order valence-electron chi connectivity index (χ4n) is 2.33. The van der Waals surface area contributed by atoms with Crippen LogP contribution < -0.4 is 14.8 Å². The summed E-state index contributed by atoms with van der Waals surface area (Å²) in [4.78, 5) is 12.3. The monoisotopic (exact) mass is 369 g/mol. The Bertz CT molecular complexity index is 743. The Kier molecular flexibility index (Phi) is 5.76. The van der Waals surface area contributed by atoms with Gasteiger partial charge in [0, 0.05) is 11.6 Å². The third-order valence-corrected chi connectivity index (χ3v) is 3.84. The van der Waals surface area contributed by atoms with Crippen LogP contribution in [0, 0.1) is 0 Å². The summed E-state index contributed by atoms with van der Waals surface area (Å²) in [7, 11) is 2.77. The van der Waals surface area contributed by atoms with Crippen LogP contribution in [-0.2, 0) is 5.60 Å². The van der Waals surface area contributed by atoms with Crippen LogP contribution in [0.5, 0.6) is 11.5 Å². The van der Waals surface area contributed by atoms with Gasteiger partial charge in [-0.25, -0.2) is 0 Å². The SMILES string of the molecule is COc1cc(OC)cc(C(=O)NCC(O)(c2ccccc2)C(F)(F)F)c1. The quantitative estimate of drug-likeness (QED) is 0.822. The Labute approximate surface area is 148 Å². The molecule has 0 heterocycles. The summed E-state index contributed by atoms with van der Waals surface area (Å²) in [5, 5.41) is 12.4. The number of benzene rings is 2. The van der Waals surface area contributed by atoms with Gasteiger partial charge in [-0.05, 0) is 17.7 Å². The molecule has 8 heteroatoms. The number of rotatable bonds is 6. The van der Waals surface area contributed by atoms with Crippen molar-refractivity contribution in [2.24, 2.45) is 0 Å². The number of amides is 1. The van der Waals surface area contributed by atoms with Crippen molar-refractivity contribution >= 4 is 5.91 Å². The number of carbonyl (C=O) groups is 1. The average Bonchev–Trinajstić information content (AvgIpc) is 2.65. The maximum Gasteiger partial charge on any atom is 0.423 e. The molecule has 2 N–H and O–H groups in total. The molecule has 0 saturated heterocycles. The molecule has 1 unspecified atom stereocenters. The minimum Gasteiger partial charge on any atom is -0.497 e. The van der Waals surface area contributed by atoms with Crippen LogP contribution >= 0.6 is 0 Å². The molecule has 0 aliphatic heterocycles. The van der Waals surface area contributed by atoms with E-state index in [0.29, 0.717) is 11.5 Å². The highest BCUT2D eigenvalue weighted by Gasteiger charge is 2.55. The lowest BCUT2D eigenvalue weighted by Crippen LogP contribution is -2.51. The molecule has 0 aliphatic carbocycles. The largest absolute Gasteiger partial charge is 0.497 e. The van der Waals surface area contributed by atoms with Crippen molar-refractivity contribution in [3.63, 3.8) is 0 Å². The van der Waals surface area contributed by atoms with E-state index in [2.05, 4.69) is 5.32 Å². The molecule has 2 aromatic rings. The lowest BCUT2D eigenvalue weighted by molar-refractivity contribution is -0.263. The zero-order chi connectivity index (χ0) is 19.4. The van der Waals surface area contributed by atoms with Crippen LogP contribution in [0.15, 0.2) is 48.5 Å². The van der Waals surface area contributed by atoms with Crippen molar-refractivity contribution in [2.45, 2.75) is 11.8 Å². The molecule has 2 aromatic carbocycles. The number of hydrogen-bond donors (Lipinski definition) is 2. The number of carbonyl (C=O) groups excluding carboxylic acids is 1. The van der Waals surface area contributed by atoms with Crippen molar-refractivity contribution in [2.75, 3.05) is 20.8 Å². The van der Waals surface area contributed by atoms with Gasteiger partial charge in [-0.3, -0.25) is 4.79 Å². The molecule has 0 spiro atoms. The molecule has 26 heavy (non-hydrogen) atoms. The Morgan fingerprint density at radius 2 is 1.58 bits per heavy atom. The van der Waals surface area contributed by atoms with Crippen molar-refractivity contribution in [3.05, 3.63) is 59.7 Å². The number of halogens is 3. The summed E-state index contributed by atoms with van der Waals surface area (Å²) < 4.78 is 50.4. The first-order chi connectivity index (χ1) is 12.2. The van der Waals surface area contributed by atoms with Crippen LogP contribution in [0.25, 0.3) is 0 Å². The molecule has 0 radical (unpaired) electrons. The molecule has 1 atom stereocenters. The number of aliphatic hydroxyl groups is 1. The first-order valence-corrected chi connectivity index (χ1v) is 7.57. The summed E-state index contributed by atoms with van der Waals surface area (Å²) in [6.07, 6.45) is -4.98. The van der Waals surface area contributed by atoms with Crippen LogP contribution in [0.2, 0.25) is 0 Å². The predicted molar refractivity (Wildman–Crippen MR) is 88.3 cm³/mol. The van der Waals surface area contributed by atoms with Crippen molar-refractivity contribution in [1.29, 1.82) is 0 Å². The van der Waals surface area contributed by atoms with Gasteiger partial charge < -0.3 is 19.9 Å². The molecule has 140 valence electrons. The highest BCUT2D eigenvalue weighted by atomic mass is 19.4. The molecule has 0 fully saturated rings. The summed E-state index contributed by atoms with van der Waals surface area (Å²) in [6, 6.07) is 10.8. The van der Waals surface area contributed by atoms with Crippen molar-refractivity contribution in [1.82, 2.24) is 5.32 Å². The number of nitrogens with one attached hydrogen (secondary N) is 1. The Morgan fingerprint density at radius 3 is 2.04 bits per heavy atom. The zero-order valence-electron chi connectivity index (χ0n) is 14.1. The first-order valence-electron chi connectivity index (χ1n) is 7.57. The summed E-state index contributed by atoms with van der Waals surface area (Å²) in [5.74, 6) is -0.187. The lowest BCUT2D eigenvalue weighted by Gasteiger charge is -2.31. The smallest absolute Gasteiger partial charge is 0.423 e. The topological polar surface area (TPSA) is 67.8 Å². The number of alkyl halides is 3. The molecule has 2 rings (SSSR count). The van der Waals surface area contributed by atoms with Gasteiger partial charge in [-0.15, -0.1) is 0 Å². The van der Waals surface area contributed by atoms with Gasteiger partial charge in [0.25, 0.3) is 5.91 Å². The van der Waals surface area contributed by atoms with Gasteiger partial charge in [0.15, 0.2) is 0 Å². The molecule has 0 aliphatic rings. The second-order valence-electron chi connectivity index (χ2n) is 5.51. The second kappa shape index (κ2) is 7.65. The minimum atomic E-state index is -4.98. The standard InChI is InChI=1S/C18H18F3NO4/c1-25-14-8-12(9-15(10-14)26-2)16(23)22-11-17(24,18(19,20)21)13-6-4-3-5-7-13/h3-10,24H,11H2,1-2H3,(H,22,23). The van der Waals surface area contributed by atoms with Crippen LogP contribution in [0.4, 0.5) is 13.2 Å². The van der Waals surface area contributed by atoms with E-state index in [-0.39, 0.29) is 11.1 Å². The highest BCUT2D eigenvalue weighted by Crippen LogP contribution is 2.38. The van der Waals surface area contributed by atoms with E-state index in [0.717, 1.165) is 12.1 Å². The maximum absolute atomic E-state index is 13.4. The fourth-order valence-corrected chi connectivity index (χ4v) is 2.33. The third-order valence-electron chi connectivity index (χ3n) is 3.84. The summed E-state index contributed by atoms with van der Waals surface area (Å²) >= 11 is 0. The predicted octanol–water partition coefficient (Wildman–Crippen LogP) is 2.88. The van der Waals surface area contributed by atoms with E-state index in [1.807, 2.05) is 0 Å². The Hall–Kier alpha value is -2.74. The van der Waals surface area contributed by atoms with Gasteiger partial charge in [-0.1, -0.05) is 30.3 Å². The van der Waals surface area contributed by atoms with E-state index >= 15 is 0 Å². The summed E-state index contributed by atoms with van der Waals surface area (Å²) in [5.41, 5.74) is -3.54. The van der Waals surface area contributed by atoms with Crippen molar-refractivity contribution < 1.29 is 32.5 Å². The number of hydrogen-bond acceptors (Lipinski definition) is 4. The van der Waals surface area contributed by atoms with E-state index in [9.17, 15) is 23.1 Å². The van der Waals surface area contributed by atoms with Crippen LogP contribution in [0.1, 0.15) is 15.9 Å². The first kappa shape index (κ1) is 19.6. The highest BCUT2D eigenvalue weighted by molar-refractivity contribution is 5.95. The average molecular weight is 369 g/mol. The van der Waals surface area contributed by atoms with Gasteiger partial charge in [0.05, 0.1) is 20.8 Å². The van der Waals surface area contributed by atoms with Crippen molar-refractivity contribution in [3.8, 4) is 11.5 Å².